The Labute approximate surface area is 106 Å². The molecule has 1 saturated heterocycles. The fourth-order valence-electron chi connectivity index (χ4n) is 1.99. The first-order valence-electron chi connectivity index (χ1n) is 6.10. The van der Waals surface area contributed by atoms with Gasteiger partial charge >= 0.3 is 0 Å². The summed E-state index contributed by atoms with van der Waals surface area (Å²) in [6, 6.07) is 0. The predicted molar refractivity (Wildman–Crippen MR) is 68.8 cm³/mol. The average Bonchev–Trinajstić information content (AvgIpc) is 2.73. The predicted octanol–water partition coefficient (Wildman–Crippen LogP) is 2.62. The van der Waals surface area contributed by atoms with Gasteiger partial charge in [0.25, 0.3) is 0 Å². The van der Waals surface area contributed by atoms with E-state index in [-0.39, 0.29) is 23.7 Å². The molecule has 0 bridgehead atoms. The molecular weight excluding hydrogens is 270 g/mol. The molecule has 1 amide bonds. The van der Waals surface area contributed by atoms with Crippen LogP contribution >= 0.6 is 15.9 Å². The maximum atomic E-state index is 12.0. The molecule has 0 aromatic rings. The van der Waals surface area contributed by atoms with Gasteiger partial charge in [0.05, 0.1) is 6.10 Å². The lowest BCUT2D eigenvalue weighted by atomic mass is 9.95. The number of amides is 1. The molecule has 1 rings (SSSR count). The van der Waals surface area contributed by atoms with E-state index in [4.69, 9.17) is 4.74 Å². The van der Waals surface area contributed by atoms with Crippen molar-refractivity contribution in [2.24, 2.45) is 0 Å². The van der Waals surface area contributed by atoms with Gasteiger partial charge in [0.2, 0.25) is 5.91 Å². The highest BCUT2D eigenvalue weighted by molar-refractivity contribution is 9.09. The topological polar surface area (TPSA) is 38.3 Å². The van der Waals surface area contributed by atoms with Gasteiger partial charge in [-0.25, -0.2) is 0 Å². The number of alkyl halides is 1. The van der Waals surface area contributed by atoms with Gasteiger partial charge in [-0.1, -0.05) is 29.8 Å². The van der Waals surface area contributed by atoms with Gasteiger partial charge in [-0.2, -0.15) is 0 Å². The van der Waals surface area contributed by atoms with E-state index in [0.29, 0.717) is 0 Å². The molecule has 16 heavy (non-hydrogen) atoms. The number of hydrogen-bond acceptors (Lipinski definition) is 2. The molecule has 1 N–H and O–H groups in total. The van der Waals surface area contributed by atoms with Crippen LogP contribution in [-0.2, 0) is 9.53 Å². The van der Waals surface area contributed by atoms with Gasteiger partial charge in [0.15, 0.2) is 0 Å². The van der Waals surface area contributed by atoms with Gasteiger partial charge in [0.1, 0.15) is 6.10 Å². The summed E-state index contributed by atoms with van der Waals surface area (Å²) >= 11 is 3.49. The van der Waals surface area contributed by atoms with Crippen LogP contribution in [-0.4, -0.2) is 29.0 Å². The molecule has 2 atom stereocenters. The minimum atomic E-state index is -0.244. The normalized spacial score (nSPS) is 25.8. The van der Waals surface area contributed by atoms with Crippen LogP contribution in [0.4, 0.5) is 0 Å². The minimum absolute atomic E-state index is 0.0486. The van der Waals surface area contributed by atoms with Crippen molar-refractivity contribution >= 4 is 21.8 Å². The van der Waals surface area contributed by atoms with Crippen molar-refractivity contribution in [2.45, 2.75) is 64.2 Å². The highest BCUT2D eigenvalue weighted by Crippen LogP contribution is 2.22. The molecule has 1 heterocycles. The zero-order valence-corrected chi connectivity index (χ0v) is 12.0. The molecule has 4 heteroatoms. The van der Waals surface area contributed by atoms with Crippen molar-refractivity contribution in [2.75, 3.05) is 5.33 Å². The van der Waals surface area contributed by atoms with E-state index in [9.17, 15) is 4.79 Å². The molecule has 94 valence electrons. The molecule has 0 aromatic carbocycles. The highest BCUT2D eigenvalue weighted by atomic mass is 79.9. The van der Waals surface area contributed by atoms with Crippen molar-refractivity contribution in [1.29, 1.82) is 0 Å². The smallest absolute Gasteiger partial charge is 0.249 e. The zero-order valence-electron chi connectivity index (χ0n) is 10.4. The molecule has 0 radical (unpaired) electrons. The summed E-state index contributed by atoms with van der Waals surface area (Å²) in [5.74, 6) is 0.0486. The van der Waals surface area contributed by atoms with Crippen molar-refractivity contribution in [3.8, 4) is 0 Å². The number of halogens is 1. The van der Waals surface area contributed by atoms with Crippen LogP contribution in [0.1, 0.15) is 46.5 Å². The summed E-state index contributed by atoms with van der Waals surface area (Å²) in [6.07, 6.45) is 3.67. The summed E-state index contributed by atoms with van der Waals surface area (Å²) in [5.41, 5.74) is -0.119. The van der Waals surface area contributed by atoms with E-state index >= 15 is 0 Å². The maximum Gasteiger partial charge on any atom is 0.249 e. The molecule has 0 aromatic heterocycles. The Morgan fingerprint density at radius 3 is 2.44 bits per heavy atom. The lowest BCUT2D eigenvalue weighted by Crippen LogP contribution is -2.52. The molecule has 0 spiro atoms. The molecule has 2 unspecified atom stereocenters. The summed E-state index contributed by atoms with van der Waals surface area (Å²) in [7, 11) is 0. The standard InChI is InChI=1S/C12H22BrNO2/c1-4-12(5-2,8-13)14-11(15)10-7-6-9(3)16-10/h9-10H,4-8H2,1-3H3,(H,14,15). The number of carbonyl (C=O) groups is 1. The molecule has 1 aliphatic rings. The number of ether oxygens (including phenoxy) is 1. The van der Waals surface area contributed by atoms with Gasteiger partial charge < -0.3 is 10.1 Å². The van der Waals surface area contributed by atoms with E-state index in [1.807, 2.05) is 6.92 Å². The number of hydrogen-bond donors (Lipinski definition) is 1. The quantitative estimate of drug-likeness (QED) is 0.791. The van der Waals surface area contributed by atoms with E-state index in [2.05, 4.69) is 35.1 Å². The molecule has 1 fully saturated rings. The number of carbonyl (C=O) groups excluding carboxylic acids is 1. The fraction of sp³-hybridized carbons (Fsp3) is 0.917. The van der Waals surface area contributed by atoms with Crippen molar-refractivity contribution < 1.29 is 9.53 Å². The molecule has 3 nitrogen and oxygen atoms in total. The Morgan fingerprint density at radius 1 is 1.44 bits per heavy atom. The van der Waals surface area contributed by atoms with Crippen molar-refractivity contribution in [3.63, 3.8) is 0 Å². The number of nitrogens with one attached hydrogen (secondary N) is 1. The molecule has 1 aliphatic heterocycles. The largest absolute Gasteiger partial charge is 0.365 e. The van der Waals surface area contributed by atoms with E-state index in [1.165, 1.54) is 0 Å². The summed E-state index contributed by atoms with van der Waals surface area (Å²) < 4.78 is 5.58. The van der Waals surface area contributed by atoms with Crippen molar-refractivity contribution in [3.05, 3.63) is 0 Å². The Bertz CT molecular complexity index is 233. The second-order valence-electron chi connectivity index (χ2n) is 4.62. The molecular formula is C12H22BrNO2. The lowest BCUT2D eigenvalue weighted by Gasteiger charge is -2.32. The first-order chi connectivity index (χ1) is 7.56. The minimum Gasteiger partial charge on any atom is -0.365 e. The van der Waals surface area contributed by atoms with Gasteiger partial charge in [0, 0.05) is 10.9 Å². The second kappa shape index (κ2) is 6.01. The zero-order chi connectivity index (χ0) is 12.2. The summed E-state index contributed by atoms with van der Waals surface area (Å²) in [6.45, 7) is 6.22. The van der Waals surface area contributed by atoms with Crippen LogP contribution in [0.3, 0.4) is 0 Å². The van der Waals surface area contributed by atoms with Crippen LogP contribution in [0.25, 0.3) is 0 Å². The Morgan fingerprint density at radius 2 is 2.06 bits per heavy atom. The van der Waals surface area contributed by atoms with Gasteiger partial charge in [-0.3, -0.25) is 4.79 Å². The highest BCUT2D eigenvalue weighted by Gasteiger charge is 2.33. The van der Waals surface area contributed by atoms with Crippen LogP contribution in [0.5, 0.6) is 0 Å². The van der Waals surface area contributed by atoms with Crippen LogP contribution in [0.15, 0.2) is 0 Å². The third kappa shape index (κ3) is 3.20. The average molecular weight is 292 g/mol. The van der Waals surface area contributed by atoms with Crippen LogP contribution in [0, 0.1) is 0 Å². The van der Waals surface area contributed by atoms with Crippen LogP contribution in [0.2, 0.25) is 0 Å². The third-order valence-electron chi connectivity index (χ3n) is 3.52. The fourth-order valence-corrected chi connectivity index (χ4v) is 2.92. The van der Waals surface area contributed by atoms with Crippen molar-refractivity contribution in [1.82, 2.24) is 5.32 Å². The summed E-state index contributed by atoms with van der Waals surface area (Å²) in [5, 5.41) is 3.92. The van der Waals surface area contributed by atoms with Crippen LogP contribution < -0.4 is 5.32 Å². The monoisotopic (exact) mass is 291 g/mol. The summed E-state index contributed by atoms with van der Waals surface area (Å²) in [4.78, 5) is 12.0. The Hall–Kier alpha value is -0.0900. The lowest BCUT2D eigenvalue weighted by molar-refractivity contribution is -0.133. The Balaban J connectivity index is 2.55. The third-order valence-corrected chi connectivity index (χ3v) is 4.60. The van der Waals surface area contributed by atoms with Gasteiger partial charge in [-0.15, -0.1) is 0 Å². The second-order valence-corrected chi connectivity index (χ2v) is 5.18. The Kier molecular flexibility index (Phi) is 5.25. The first kappa shape index (κ1) is 14.0. The number of rotatable bonds is 5. The maximum absolute atomic E-state index is 12.0. The van der Waals surface area contributed by atoms with E-state index < -0.39 is 0 Å². The first-order valence-corrected chi connectivity index (χ1v) is 7.22. The van der Waals surface area contributed by atoms with E-state index in [0.717, 1.165) is 31.0 Å². The SMILES string of the molecule is CCC(CC)(CBr)NC(=O)C1CCC(C)O1. The molecule has 0 saturated carbocycles. The van der Waals surface area contributed by atoms with Gasteiger partial charge in [-0.05, 0) is 32.6 Å². The molecule has 0 aliphatic carbocycles. The van der Waals surface area contributed by atoms with E-state index in [1.54, 1.807) is 0 Å².